The molecule has 13 heavy (non-hydrogen) atoms. The summed E-state index contributed by atoms with van der Waals surface area (Å²) in [5.41, 5.74) is 3.48. The molecule has 0 atom stereocenters. The molecule has 0 amide bonds. The van der Waals surface area contributed by atoms with Crippen LogP contribution in [-0.2, 0) is 4.79 Å². The van der Waals surface area contributed by atoms with Gasteiger partial charge in [0, 0.05) is 0 Å². The predicted molar refractivity (Wildman–Crippen MR) is 51.2 cm³/mol. The molecule has 0 heterocycles. The van der Waals surface area contributed by atoms with Gasteiger partial charge in [-0.3, -0.25) is 10.2 Å². The number of hydrogen-bond acceptors (Lipinski definition) is 4. The summed E-state index contributed by atoms with van der Waals surface area (Å²) in [5, 5.41) is 3.63. The Morgan fingerprint density at radius 3 is 2.62 bits per heavy atom. The lowest BCUT2D eigenvalue weighted by Gasteiger charge is -2.01. The Morgan fingerprint density at radius 2 is 2.08 bits per heavy atom. The van der Waals surface area contributed by atoms with E-state index in [1.165, 1.54) is 0 Å². The lowest BCUT2D eigenvalue weighted by atomic mass is 10.3. The molecule has 0 bridgehead atoms. The zero-order chi connectivity index (χ0) is 9.52. The molecule has 1 aromatic carbocycles. The molecule has 0 aliphatic heterocycles. The number of nitrogens with zero attached hydrogens (tertiary/aromatic N) is 1. The van der Waals surface area contributed by atoms with E-state index in [0.717, 1.165) is 17.7 Å². The summed E-state index contributed by atoms with van der Waals surface area (Å²) in [7, 11) is 1.60. The third-order valence-electron chi connectivity index (χ3n) is 1.42. The summed E-state index contributed by atoms with van der Waals surface area (Å²) in [4.78, 5) is 9.89. The van der Waals surface area contributed by atoms with Crippen molar-refractivity contribution in [1.82, 2.24) is 0 Å². The van der Waals surface area contributed by atoms with Crippen LogP contribution in [0.15, 0.2) is 29.4 Å². The van der Waals surface area contributed by atoms with Crippen molar-refractivity contribution in [1.29, 1.82) is 0 Å². The molecule has 0 aromatic heterocycles. The van der Waals surface area contributed by atoms with Crippen molar-refractivity contribution in [3.8, 4) is 5.75 Å². The molecule has 0 unspecified atom stereocenters. The molecule has 0 aliphatic carbocycles. The largest absolute Gasteiger partial charge is 0.497 e. The van der Waals surface area contributed by atoms with E-state index in [0.29, 0.717) is 6.29 Å². The smallest absolute Gasteiger partial charge is 0.162 e. The van der Waals surface area contributed by atoms with Crippen LogP contribution in [0.1, 0.15) is 0 Å². The van der Waals surface area contributed by atoms with Gasteiger partial charge in [-0.25, -0.2) is 0 Å². The highest BCUT2D eigenvalue weighted by atomic mass is 16.5. The van der Waals surface area contributed by atoms with E-state index in [-0.39, 0.29) is 0 Å². The van der Waals surface area contributed by atoms with Crippen molar-refractivity contribution in [2.45, 2.75) is 0 Å². The molecule has 1 rings (SSSR count). The molecule has 0 radical (unpaired) electrons. The zero-order valence-corrected chi connectivity index (χ0v) is 7.23. The minimum Gasteiger partial charge on any atom is -0.497 e. The second-order valence-corrected chi connectivity index (χ2v) is 2.25. The number of aldehydes is 1. The first-order chi connectivity index (χ1) is 6.36. The number of hydrogen-bond donors (Lipinski definition) is 1. The maximum absolute atomic E-state index is 9.89. The van der Waals surface area contributed by atoms with Crippen molar-refractivity contribution < 1.29 is 9.53 Å². The zero-order valence-electron chi connectivity index (χ0n) is 7.23. The fourth-order valence-electron chi connectivity index (χ4n) is 0.808. The molecular formula is C9H10N2O2. The number of carbonyl (C=O) groups is 1. The first-order valence-electron chi connectivity index (χ1n) is 3.73. The summed E-state index contributed by atoms with van der Waals surface area (Å²) in [6.45, 7) is 0. The van der Waals surface area contributed by atoms with Crippen LogP contribution in [-0.4, -0.2) is 19.6 Å². The number of anilines is 1. The van der Waals surface area contributed by atoms with Gasteiger partial charge in [0.2, 0.25) is 0 Å². The van der Waals surface area contributed by atoms with Crippen molar-refractivity contribution in [3.05, 3.63) is 24.3 Å². The average molecular weight is 178 g/mol. The molecule has 0 saturated carbocycles. The highest BCUT2D eigenvalue weighted by Crippen LogP contribution is 2.14. The van der Waals surface area contributed by atoms with Crippen molar-refractivity contribution in [3.63, 3.8) is 0 Å². The number of rotatable bonds is 4. The Hall–Kier alpha value is -1.84. The maximum atomic E-state index is 9.89. The van der Waals surface area contributed by atoms with Gasteiger partial charge in [-0.05, 0) is 24.3 Å². The van der Waals surface area contributed by atoms with Gasteiger partial charge in [-0.2, -0.15) is 5.10 Å². The fourth-order valence-corrected chi connectivity index (χ4v) is 0.808. The molecule has 1 aromatic rings. The fraction of sp³-hybridized carbons (Fsp3) is 0.111. The Morgan fingerprint density at radius 1 is 1.38 bits per heavy atom. The van der Waals surface area contributed by atoms with Gasteiger partial charge in [-0.15, -0.1) is 0 Å². The van der Waals surface area contributed by atoms with Crippen LogP contribution in [0, 0.1) is 0 Å². The molecule has 0 fully saturated rings. The van der Waals surface area contributed by atoms with E-state index in [2.05, 4.69) is 10.5 Å². The van der Waals surface area contributed by atoms with E-state index in [1.807, 2.05) is 0 Å². The monoisotopic (exact) mass is 178 g/mol. The Balaban J connectivity index is 2.58. The molecular weight excluding hydrogens is 168 g/mol. The van der Waals surface area contributed by atoms with Gasteiger partial charge in [0.1, 0.15) is 5.75 Å². The van der Waals surface area contributed by atoms with Gasteiger partial charge in [0.15, 0.2) is 6.29 Å². The molecule has 0 aliphatic rings. The number of carbonyl (C=O) groups excluding carboxylic acids is 1. The van der Waals surface area contributed by atoms with E-state index in [1.54, 1.807) is 31.4 Å². The summed E-state index contributed by atoms with van der Waals surface area (Å²) in [5.74, 6) is 0.782. The normalized spacial score (nSPS) is 9.92. The molecule has 0 saturated heterocycles. The summed E-state index contributed by atoms with van der Waals surface area (Å²) >= 11 is 0. The van der Waals surface area contributed by atoms with Crippen molar-refractivity contribution in [2.24, 2.45) is 5.10 Å². The number of benzene rings is 1. The van der Waals surface area contributed by atoms with Crippen molar-refractivity contribution >= 4 is 18.2 Å². The number of ether oxygens (including phenoxy) is 1. The lowest BCUT2D eigenvalue weighted by Crippen LogP contribution is -1.89. The van der Waals surface area contributed by atoms with E-state index < -0.39 is 0 Å². The van der Waals surface area contributed by atoms with E-state index >= 15 is 0 Å². The van der Waals surface area contributed by atoms with Crippen molar-refractivity contribution in [2.75, 3.05) is 12.5 Å². The van der Waals surface area contributed by atoms with Gasteiger partial charge in [0.05, 0.1) is 19.0 Å². The van der Waals surface area contributed by atoms with Crippen LogP contribution in [0.2, 0.25) is 0 Å². The topological polar surface area (TPSA) is 50.7 Å². The van der Waals surface area contributed by atoms with Gasteiger partial charge in [0.25, 0.3) is 0 Å². The third kappa shape index (κ3) is 2.94. The van der Waals surface area contributed by atoms with Gasteiger partial charge < -0.3 is 4.74 Å². The Bertz CT molecular complexity index is 293. The summed E-state index contributed by atoms with van der Waals surface area (Å²) in [6.07, 6.45) is 1.75. The van der Waals surface area contributed by atoms with Crippen LogP contribution in [0.5, 0.6) is 5.75 Å². The molecule has 4 heteroatoms. The second kappa shape index (κ2) is 4.92. The van der Waals surface area contributed by atoms with Gasteiger partial charge >= 0.3 is 0 Å². The highest BCUT2D eigenvalue weighted by Gasteiger charge is 1.90. The number of methoxy groups -OCH3 is 1. The van der Waals surface area contributed by atoms with E-state index in [4.69, 9.17) is 4.74 Å². The summed E-state index contributed by atoms with van der Waals surface area (Å²) < 4.78 is 4.97. The quantitative estimate of drug-likeness (QED) is 0.429. The number of hydrazone groups is 1. The van der Waals surface area contributed by atoms with Crippen LogP contribution in [0.25, 0.3) is 0 Å². The Labute approximate surface area is 76.2 Å². The van der Waals surface area contributed by atoms with Crippen LogP contribution in [0.3, 0.4) is 0 Å². The second-order valence-electron chi connectivity index (χ2n) is 2.25. The van der Waals surface area contributed by atoms with Crippen LogP contribution < -0.4 is 10.2 Å². The third-order valence-corrected chi connectivity index (χ3v) is 1.42. The minimum atomic E-state index is 0.608. The molecule has 4 nitrogen and oxygen atoms in total. The van der Waals surface area contributed by atoms with E-state index in [9.17, 15) is 4.79 Å². The standard InChI is InChI=1S/C9H10N2O2/c1-13-9-4-2-8(3-5-9)11-10-6-7-12/h2-7,11H,1H3. The van der Waals surface area contributed by atoms with Crippen LogP contribution in [0.4, 0.5) is 5.69 Å². The maximum Gasteiger partial charge on any atom is 0.162 e. The minimum absolute atomic E-state index is 0.608. The first-order valence-corrected chi connectivity index (χ1v) is 3.73. The lowest BCUT2D eigenvalue weighted by molar-refractivity contribution is -0.102. The number of nitrogens with one attached hydrogen (secondary N) is 1. The summed E-state index contributed by atoms with van der Waals surface area (Å²) in [6, 6.07) is 7.22. The molecule has 68 valence electrons. The predicted octanol–water partition coefficient (Wildman–Crippen LogP) is 1.29. The van der Waals surface area contributed by atoms with Crippen LogP contribution >= 0.6 is 0 Å². The Kier molecular flexibility index (Phi) is 3.50. The molecule has 1 N–H and O–H groups in total. The first kappa shape index (κ1) is 9.25. The highest BCUT2D eigenvalue weighted by molar-refractivity contribution is 6.13. The average Bonchev–Trinajstić information content (AvgIpc) is 2.19. The van der Waals surface area contributed by atoms with Gasteiger partial charge in [-0.1, -0.05) is 0 Å². The SMILES string of the molecule is COc1ccc(NN=CC=O)cc1. The molecule has 0 spiro atoms.